The molecule has 13 heavy (non-hydrogen) atoms. The number of halogens is 5. The lowest BCUT2D eigenvalue weighted by molar-refractivity contribution is -0.278. The number of ether oxygens (including phenoxy) is 1. The molecule has 0 aliphatic rings. The summed E-state index contributed by atoms with van der Waals surface area (Å²) >= 11 is 0. The molecule has 0 aromatic heterocycles. The van der Waals surface area contributed by atoms with Gasteiger partial charge in [0.2, 0.25) is 0 Å². The van der Waals surface area contributed by atoms with Crippen LogP contribution in [0.5, 0.6) is 0 Å². The summed E-state index contributed by atoms with van der Waals surface area (Å²) in [6.45, 7) is 0.532. The third-order valence-corrected chi connectivity index (χ3v) is 0.849. The monoisotopic (exact) mass is 206 g/mol. The zero-order valence-corrected chi connectivity index (χ0v) is 6.11. The van der Waals surface area contributed by atoms with Crippen molar-refractivity contribution < 1.29 is 36.3 Å². The molecule has 3 nitrogen and oxygen atoms in total. The minimum Gasteiger partial charge on any atom is -0.389 e. The van der Waals surface area contributed by atoms with E-state index < -0.39 is 24.0 Å². The molecule has 0 unspecified atom stereocenters. The molecular weight excluding hydrogens is 203 g/mol. The molecule has 0 saturated carbocycles. The van der Waals surface area contributed by atoms with Crippen LogP contribution in [0.25, 0.3) is 0 Å². The van der Waals surface area contributed by atoms with Crippen LogP contribution in [0.15, 0.2) is 0 Å². The summed E-state index contributed by atoms with van der Waals surface area (Å²) in [7, 11) is 0. The van der Waals surface area contributed by atoms with Crippen LogP contribution in [0.3, 0.4) is 0 Å². The largest absolute Gasteiger partial charge is 0.465 e. The maximum Gasteiger partial charge on any atom is 0.465 e. The first-order valence-corrected chi connectivity index (χ1v) is 2.76. The fourth-order valence-corrected chi connectivity index (χ4v) is 0.310. The number of rotatable bonds is 1. The smallest absolute Gasteiger partial charge is 0.389 e. The van der Waals surface area contributed by atoms with Gasteiger partial charge in [0.15, 0.2) is 0 Å². The topological polar surface area (TPSA) is 43.4 Å². The van der Waals surface area contributed by atoms with Gasteiger partial charge in [0, 0.05) is 6.92 Å². The summed E-state index contributed by atoms with van der Waals surface area (Å²) in [6, 6.07) is 0. The molecule has 0 heterocycles. The number of esters is 2. The maximum absolute atomic E-state index is 11.9. The first kappa shape index (κ1) is 11.8. The molecule has 0 bridgehead atoms. The van der Waals surface area contributed by atoms with Crippen molar-refractivity contribution in [1.82, 2.24) is 0 Å². The summed E-state index contributed by atoms with van der Waals surface area (Å²) in [6.07, 6.45) is -6.06. The Kier molecular flexibility index (Phi) is 2.96. The highest BCUT2D eigenvalue weighted by Crippen LogP contribution is 2.36. The molecule has 0 fully saturated rings. The summed E-state index contributed by atoms with van der Waals surface area (Å²) in [5, 5.41) is 0. The SMILES string of the molecule is CC(=O)OC(=O)C(F)(F)C(F)(F)F. The predicted molar refractivity (Wildman–Crippen MR) is 27.8 cm³/mol. The van der Waals surface area contributed by atoms with Crippen LogP contribution < -0.4 is 0 Å². The fourth-order valence-electron chi connectivity index (χ4n) is 0.310. The normalized spacial score (nSPS) is 12.5. The van der Waals surface area contributed by atoms with E-state index in [1.807, 2.05) is 0 Å². The highest BCUT2D eigenvalue weighted by molar-refractivity contribution is 5.88. The molecule has 0 amide bonds. The Hall–Kier alpha value is -1.21. The third-order valence-electron chi connectivity index (χ3n) is 0.849. The quantitative estimate of drug-likeness (QED) is 0.368. The summed E-state index contributed by atoms with van der Waals surface area (Å²) < 4.78 is 61.1. The molecule has 0 spiro atoms. The van der Waals surface area contributed by atoms with Crippen LogP contribution in [-0.4, -0.2) is 24.0 Å². The highest BCUT2D eigenvalue weighted by atomic mass is 19.4. The maximum atomic E-state index is 11.9. The second kappa shape index (κ2) is 3.27. The van der Waals surface area contributed by atoms with E-state index in [0.717, 1.165) is 0 Å². The van der Waals surface area contributed by atoms with Crippen molar-refractivity contribution in [3.05, 3.63) is 0 Å². The van der Waals surface area contributed by atoms with E-state index in [1.165, 1.54) is 0 Å². The highest BCUT2D eigenvalue weighted by Gasteiger charge is 2.65. The third kappa shape index (κ3) is 2.63. The summed E-state index contributed by atoms with van der Waals surface area (Å²) in [5.41, 5.74) is 0. The molecule has 76 valence electrons. The van der Waals surface area contributed by atoms with Gasteiger partial charge in [0.05, 0.1) is 0 Å². The van der Waals surface area contributed by atoms with Gasteiger partial charge in [-0.25, -0.2) is 4.79 Å². The predicted octanol–water partition coefficient (Wildman–Crippen LogP) is 1.27. The van der Waals surface area contributed by atoms with Crippen molar-refractivity contribution in [3.8, 4) is 0 Å². The lowest BCUT2D eigenvalue weighted by Gasteiger charge is -2.16. The van der Waals surface area contributed by atoms with Crippen LogP contribution >= 0.6 is 0 Å². The second-order valence-corrected chi connectivity index (χ2v) is 1.95. The molecule has 0 aliphatic carbocycles. The van der Waals surface area contributed by atoms with Crippen LogP contribution in [-0.2, 0) is 14.3 Å². The average molecular weight is 206 g/mol. The standard InChI is InChI=1S/C5H3F5O3/c1-2(11)13-3(12)4(6,7)5(8,9)10/h1H3. The van der Waals surface area contributed by atoms with Gasteiger partial charge in [-0.15, -0.1) is 0 Å². The van der Waals surface area contributed by atoms with Gasteiger partial charge in [0.1, 0.15) is 0 Å². The molecule has 0 N–H and O–H groups in total. The Bertz CT molecular complexity index is 231. The van der Waals surface area contributed by atoms with Crippen molar-refractivity contribution in [2.45, 2.75) is 19.0 Å². The van der Waals surface area contributed by atoms with E-state index in [0.29, 0.717) is 6.92 Å². The van der Waals surface area contributed by atoms with Crippen molar-refractivity contribution in [2.75, 3.05) is 0 Å². The van der Waals surface area contributed by atoms with E-state index >= 15 is 0 Å². The Morgan fingerprint density at radius 1 is 1.08 bits per heavy atom. The van der Waals surface area contributed by atoms with Crippen molar-refractivity contribution in [1.29, 1.82) is 0 Å². The van der Waals surface area contributed by atoms with Crippen LogP contribution in [0.2, 0.25) is 0 Å². The minimum atomic E-state index is -6.06. The van der Waals surface area contributed by atoms with E-state index in [-0.39, 0.29) is 0 Å². The van der Waals surface area contributed by atoms with E-state index in [4.69, 9.17) is 0 Å². The molecule has 0 radical (unpaired) electrons. The van der Waals surface area contributed by atoms with Crippen LogP contribution in [0.4, 0.5) is 22.0 Å². The zero-order chi connectivity index (χ0) is 10.9. The molecule has 0 atom stereocenters. The Morgan fingerprint density at radius 2 is 1.46 bits per heavy atom. The number of carbonyl (C=O) groups excluding carboxylic acids is 2. The zero-order valence-electron chi connectivity index (χ0n) is 6.11. The van der Waals surface area contributed by atoms with Crippen LogP contribution in [0.1, 0.15) is 6.92 Å². The molecular formula is C5H3F5O3. The van der Waals surface area contributed by atoms with Crippen molar-refractivity contribution in [3.63, 3.8) is 0 Å². The lowest BCUT2D eigenvalue weighted by Crippen LogP contribution is -2.45. The first-order chi connectivity index (χ1) is 5.59. The van der Waals surface area contributed by atoms with Gasteiger partial charge in [0.25, 0.3) is 0 Å². The van der Waals surface area contributed by atoms with E-state index in [1.54, 1.807) is 0 Å². The van der Waals surface area contributed by atoms with Gasteiger partial charge >= 0.3 is 24.0 Å². The molecule has 0 aromatic carbocycles. The van der Waals surface area contributed by atoms with E-state index in [2.05, 4.69) is 4.74 Å². The van der Waals surface area contributed by atoms with Gasteiger partial charge < -0.3 is 4.74 Å². The Labute approximate surface area is 68.5 Å². The minimum absolute atomic E-state index is 0.532. The van der Waals surface area contributed by atoms with E-state index in [9.17, 15) is 31.5 Å². The molecule has 0 aliphatic heterocycles. The molecule has 0 saturated heterocycles. The molecule has 0 rings (SSSR count). The molecule has 0 aromatic rings. The number of hydrogen-bond donors (Lipinski definition) is 0. The molecule has 8 heteroatoms. The number of hydrogen-bond acceptors (Lipinski definition) is 3. The second-order valence-electron chi connectivity index (χ2n) is 1.95. The lowest BCUT2D eigenvalue weighted by atomic mass is 10.3. The number of carbonyl (C=O) groups is 2. The average Bonchev–Trinajstić information content (AvgIpc) is 1.82. The van der Waals surface area contributed by atoms with Crippen LogP contribution in [0, 0.1) is 0 Å². The van der Waals surface area contributed by atoms with Gasteiger partial charge in [-0.1, -0.05) is 0 Å². The van der Waals surface area contributed by atoms with Crippen molar-refractivity contribution >= 4 is 11.9 Å². The van der Waals surface area contributed by atoms with Gasteiger partial charge in [-0.3, -0.25) is 4.79 Å². The summed E-state index contributed by atoms with van der Waals surface area (Å²) in [5.74, 6) is -10.1. The van der Waals surface area contributed by atoms with Gasteiger partial charge in [-0.05, 0) is 0 Å². The van der Waals surface area contributed by atoms with Gasteiger partial charge in [-0.2, -0.15) is 22.0 Å². The Morgan fingerprint density at radius 3 is 1.69 bits per heavy atom. The Balaban J connectivity index is 4.65. The van der Waals surface area contributed by atoms with Crippen molar-refractivity contribution in [2.24, 2.45) is 0 Å². The summed E-state index contributed by atoms with van der Waals surface area (Å²) in [4.78, 5) is 19.9. The number of alkyl halides is 5. The fraction of sp³-hybridized carbons (Fsp3) is 0.600. The first-order valence-electron chi connectivity index (χ1n) is 2.76.